The molecule has 0 aliphatic carbocycles. The van der Waals surface area contributed by atoms with Gasteiger partial charge in [0.05, 0.1) is 5.02 Å². The summed E-state index contributed by atoms with van der Waals surface area (Å²) in [5.74, 6) is -0.388. The molecule has 0 amide bonds. The Labute approximate surface area is 132 Å². The molecule has 0 aliphatic rings. The molecule has 2 aromatic rings. The summed E-state index contributed by atoms with van der Waals surface area (Å²) in [6.45, 7) is 4.14. The maximum Gasteiger partial charge on any atom is 0.141 e. The van der Waals surface area contributed by atoms with Crippen molar-refractivity contribution in [3.63, 3.8) is 0 Å². The van der Waals surface area contributed by atoms with Crippen LogP contribution in [0.25, 0.3) is 0 Å². The molecule has 0 bridgehead atoms. The minimum absolute atomic E-state index is 0.0789. The Kier molecular flexibility index (Phi) is 5.19. The zero-order valence-electron chi connectivity index (χ0n) is 11.3. The first-order valence-electron chi connectivity index (χ1n) is 6.44. The van der Waals surface area contributed by atoms with Gasteiger partial charge in [-0.1, -0.05) is 51.8 Å². The molecule has 1 nitrogen and oxygen atoms in total. The largest absolute Gasteiger partial charge is 0.304 e. The highest BCUT2D eigenvalue weighted by Gasteiger charge is 2.14. The molecule has 0 saturated carbocycles. The highest BCUT2D eigenvalue weighted by Crippen LogP contribution is 2.26. The Morgan fingerprint density at radius 3 is 2.45 bits per heavy atom. The second-order valence-corrected chi connectivity index (χ2v) is 6.07. The second kappa shape index (κ2) is 6.70. The Morgan fingerprint density at radius 1 is 1.10 bits per heavy atom. The highest BCUT2D eigenvalue weighted by atomic mass is 79.9. The first-order valence-corrected chi connectivity index (χ1v) is 7.61. The third kappa shape index (κ3) is 3.60. The van der Waals surface area contributed by atoms with E-state index < -0.39 is 0 Å². The van der Waals surface area contributed by atoms with Crippen molar-refractivity contribution in [2.75, 3.05) is 0 Å². The van der Waals surface area contributed by atoms with Crippen molar-refractivity contribution in [3.05, 3.63) is 68.9 Å². The molecule has 0 aromatic heterocycles. The maximum absolute atomic E-state index is 13.2. The van der Waals surface area contributed by atoms with Crippen LogP contribution in [0.2, 0.25) is 5.02 Å². The first kappa shape index (κ1) is 15.5. The van der Waals surface area contributed by atoms with Crippen LogP contribution in [0.3, 0.4) is 0 Å². The summed E-state index contributed by atoms with van der Waals surface area (Å²) in [6, 6.07) is 13.2. The van der Waals surface area contributed by atoms with E-state index >= 15 is 0 Å². The zero-order chi connectivity index (χ0) is 14.7. The monoisotopic (exact) mass is 355 g/mol. The van der Waals surface area contributed by atoms with Crippen LogP contribution in [0.1, 0.15) is 37.1 Å². The maximum atomic E-state index is 13.2. The predicted molar refractivity (Wildman–Crippen MR) is 85.5 cm³/mol. The lowest BCUT2D eigenvalue weighted by atomic mass is 10.0. The second-order valence-electron chi connectivity index (χ2n) is 4.81. The topological polar surface area (TPSA) is 12.0 Å². The van der Waals surface area contributed by atoms with Crippen LogP contribution < -0.4 is 5.32 Å². The van der Waals surface area contributed by atoms with Crippen molar-refractivity contribution in [2.24, 2.45) is 0 Å². The first-order chi connectivity index (χ1) is 9.49. The van der Waals surface area contributed by atoms with E-state index in [-0.39, 0.29) is 22.9 Å². The van der Waals surface area contributed by atoms with E-state index in [1.807, 2.05) is 25.1 Å². The smallest absolute Gasteiger partial charge is 0.141 e. The highest BCUT2D eigenvalue weighted by molar-refractivity contribution is 9.10. The number of benzene rings is 2. The van der Waals surface area contributed by atoms with Crippen LogP contribution in [0.5, 0.6) is 0 Å². The van der Waals surface area contributed by atoms with E-state index in [2.05, 4.69) is 34.2 Å². The average Bonchev–Trinajstić information content (AvgIpc) is 2.42. The third-order valence-electron chi connectivity index (χ3n) is 3.32. The van der Waals surface area contributed by atoms with Gasteiger partial charge >= 0.3 is 0 Å². The standard InChI is InChI=1S/C16H16BrClFN/c1-10(12-7-8-16(19)15(18)9-12)20-11(2)13-5-3-4-6-14(13)17/h3-11,20H,1-2H3/t10?,11-/m0/s1. The lowest BCUT2D eigenvalue weighted by Crippen LogP contribution is -2.22. The van der Waals surface area contributed by atoms with E-state index in [4.69, 9.17) is 11.6 Å². The van der Waals surface area contributed by atoms with Crippen LogP contribution in [0.4, 0.5) is 4.39 Å². The summed E-state index contributed by atoms with van der Waals surface area (Å²) in [7, 11) is 0. The SMILES string of the molecule is CC(N[C@@H](C)c1ccccc1Br)c1ccc(F)c(Cl)c1. The van der Waals surface area contributed by atoms with E-state index in [1.54, 1.807) is 12.1 Å². The molecule has 0 fully saturated rings. The fourth-order valence-electron chi connectivity index (χ4n) is 2.17. The number of rotatable bonds is 4. The summed E-state index contributed by atoms with van der Waals surface area (Å²) in [6.07, 6.45) is 0. The number of hydrogen-bond acceptors (Lipinski definition) is 1. The number of nitrogens with one attached hydrogen (secondary N) is 1. The molecule has 1 unspecified atom stereocenters. The van der Waals surface area contributed by atoms with Gasteiger partial charge in [-0.15, -0.1) is 0 Å². The lowest BCUT2D eigenvalue weighted by molar-refractivity contribution is 0.492. The summed E-state index contributed by atoms with van der Waals surface area (Å²) in [5, 5.41) is 3.65. The van der Waals surface area contributed by atoms with Gasteiger partial charge in [-0.05, 0) is 43.2 Å². The molecule has 2 atom stereocenters. The van der Waals surface area contributed by atoms with Gasteiger partial charge in [0.2, 0.25) is 0 Å². The van der Waals surface area contributed by atoms with Gasteiger partial charge in [0.1, 0.15) is 5.82 Å². The van der Waals surface area contributed by atoms with Gasteiger partial charge in [0.15, 0.2) is 0 Å². The molecule has 106 valence electrons. The van der Waals surface area contributed by atoms with Crippen LogP contribution >= 0.6 is 27.5 Å². The molecule has 0 saturated heterocycles. The number of hydrogen-bond donors (Lipinski definition) is 1. The molecule has 4 heteroatoms. The van der Waals surface area contributed by atoms with Crippen LogP contribution in [-0.2, 0) is 0 Å². The Bertz CT molecular complexity index is 603. The molecule has 0 radical (unpaired) electrons. The van der Waals surface area contributed by atoms with Crippen molar-refractivity contribution in [1.82, 2.24) is 5.32 Å². The van der Waals surface area contributed by atoms with E-state index in [9.17, 15) is 4.39 Å². The fourth-order valence-corrected chi connectivity index (χ4v) is 2.99. The predicted octanol–water partition coefficient (Wildman–Crippen LogP) is 5.65. The van der Waals surface area contributed by atoms with Gasteiger partial charge in [0, 0.05) is 16.6 Å². The van der Waals surface area contributed by atoms with Crippen molar-refractivity contribution in [2.45, 2.75) is 25.9 Å². The minimum atomic E-state index is -0.388. The Hall–Kier alpha value is -0.900. The van der Waals surface area contributed by atoms with Gasteiger partial charge in [0.25, 0.3) is 0 Å². The van der Waals surface area contributed by atoms with Crippen LogP contribution in [-0.4, -0.2) is 0 Å². The Morgan fingerprint density at radius 2 is 1.80 bits per heavy atom. The quantitative estimate of drug-likeness (QED) is 0.746. The van der Waals surface area contributed by atoms with Crippen LogP contribution in [0, 0.1) is 5.82 Å². The molecule has 20 heavy (non-hydrogen) atoms. The summed E-state index contributed by atoms with van der Waals surface area (Å²) < 4.78 is 14.3. The molecule has 2 aromatic carbocycles. The van der Waals surface area contributed by atoms with Crippen LogP contribution in [0.15, 0.2) is 46.9 Å². The number of halogens is 3. The normalized spacial score (nSPS) is 14.1. The molecule has 0 aliphatic heterocycles. The van der Waals surface area contributed by atoms with Gasteiger partial charge in [-0.25, -0.2) is 4.39 Å². The minimum Gasteiger partial charge on any atom is -0.304 e. The molecule has 2 rings (SSSR count). The zero-order valence-corrected chi connectivity index (χ0v) is 13.7. The molecule has 0 heterocycles. The van der Waals surface area contributed by atoms with Crippen molar-refractivity contribution in [3.8, 4) is 0 Å². The van der Waals surface area contributed by atoms with E-state index in [0.29, 0.717) is 0 Å². The van der Waals surface area contributed by atoms with Gasteiger partial charge < -0.3 is 5.32 Å². The van der Waals surface area contributed by atoms with Crippen molar-refractivity contribution in [1.29, 1.82) is 0 Å². The summed E-state index contributed by atoms with van der Waals surface area (Å²) in [4.78, 5) is 0. The summed E-state index contributed by atoms with van der Waals surface area (Å²) >= 11 is 9.38. The Balaban J connectivity index is 2.13. The third-order valence-corrected chi connectivity index (χ3v) is 4.33. The van der Waals surface area contributed by atoms with E-state index in [1.165, 1.54) is 11.6 Å². The van der Waals surface area contributed by atoms with Crippen molar-refractivity contribution < 1.29 is 4.39 Å². The molecule has 0 spiro atoms. The summed E-state index contributed by atoms with van der Waals surface area (Å²) in [5.41, 5.74) is 2.16. The molecule has 1 N–H and O–H groups in total. The molecular formula is C16H16BrClFN. The van der Waals surface area contributed by atoms with Crippen molar-refractivity contribution >= 4 is 27.5 Å². The van der Waals surface area contributed by atoms with Gasteiger partial charge in [-0.2, -0.15) is 0 Å². The average molecular weight is 357 g/mol. The molecular weight excluding hydrogens is 341 g/mol. The van der Waals surface area contributed by atoms with E-state index in [0.717, 1.165) is 10.0 Å². The van der Waals surface area contributed by atoms with Gasteiger partial charge in [-0.3, -0.25) is 0 Å². The fraction of sp³-hybridized carbons (Fsp3) is 0.250. The lowest BCUT2D eigenvalue weighted by Gasteiger charge is -2.22.